The molecular weight excluding hydrogens is 622 g/mol. The van der Waals surface area contributed by atoms with Gasteiger partial charge in [-0.3, -0.25) is 18.5 Å². The van der Waals surface area contributed by atoms with Gasteiger partial charge in [0, 0.05) is 0 Å². The van der Waals surface area contributed by atoms with Crippen LogP contribution in [0.3, 0.4) is 0 Å². The van der Waals surface area contributed by atoms with Crippen molar-refractivity contribution in [2.75, 3.05) is 12.3 Å². The fraction of sp³-hybridized carbons (Fsp3) is 0.773. The first-order chi connectivity index (χ1) is 20.9. The van der Waals surface area contributed by atoms with E-state index < -0.39 is 91.5 Å². The molecule has 3 aliphatic heterocycles. The van der Waals surface area contributed by atoms with Crippen molar-refractivity contribution in [1.29, 1.82) is 0 Å². The number of rotatable bonds is 10. The first-order valence-corrected chi connectivity index (χ1v) is 13.9. The third-order valence-electron chi connectivity index (χ3n) is 7.55. The summed E-state index contributed by atoms with van der Waals surface area (Å²) in [5, 5.41) is 75.6. The smallest absolute Gasteiger partial charge is 0.280 e. The predicted molar refractivity (Wildman–Crippen MR) is 139 cm³/mol. The standard InChI is InChI=1S/C22H33N5O16S/c1-5-9(28)11(30)12(31)20(37-5)41-16-10(29)6(2)38-21(14(16)33)40-15-7(3-36-44-43-42-35)39-19(13(15)32)27-4-24-8-17(27)25-22(23)26-18(8)34/h4-7,9-16,19-21,28-33,35H,3H2,1-2H3,(H3,23,25,26,34)/t5?,6?,7-,9-,10-,11+,12-,13?,14-,15+,16+,19-,20?,21?/m1/s1. The summed E-state index contributed by atoms with van der Waals surface area (Å²) in [6.07, 6.45) is -18.8. The SMILES string of the molecule is CC1OC(O[C@H]2[C@H](O)C(C)OC(O[C@@H]3C(O)[C@H](n4cnc5c(=O)[nH]c(N)nc54)O[C@@H]3COSOOO)[C@@H]2O)[C@H](O)[C@@H](O)[C@@H]1O. The normalized spacial score (nSPS) is 41.4. The summed E-state index contributed by atoms with van der Waals surface area (Å²) in [6.45, 7) is 2.51. The van der Waals surface area contributed by atoms with Crippen LogP contribution in [0.1, 0.15) is 20.1 Å². The van der Waals surface area contributed by atoms with E-state index in [9.17, 15) is 35.4 Å². The van der Waals surface area contributed by atoms with Crippen molar-refractivity contribution in [1.82, 2.24) is 19.5 Å². The van der Waals surface area contributed by atoms with Crippen LogP contribution in [0.4, 0.5) is 5.95 Å². The number of hydrogen-bond acceptors (Lipinski definition) is 20. The highest BCUT2D eigenvalue weighted by Gasteiger charge is 2.53. The number of nitrogens with one attached hydrogen (secondary N) is 1. The third kappa shape index (κ3) is 6.43. The zero-order valence-electron chi connectivity index (χ0n) is 23.0. The Balaban J connectivity index is 1.37. The number of nitrogen functional groups attached to an aromatic ring is 1. The fourth-order valence-corrected chi connectivity index (χ4v) is 5.47. The van der Waals surface area contributed by atoms with E-state index in [1.165, 1.54) is 24.7 Å². The molecule has 0 aliphatic carbocycles. The van der Waals surface area contributed by atoms with Crippen LogP contribution < -0.4 is 11.3 Å². The van der Waals surface area contributed by atoms with Gasteiger partial charge < -0.3 is 60.1 Å². The molecule has 2 aromatic heterocycles. The van der Waals surface area contributed by atoms with Crippen LogP contribution in [-0.2, 0) is 37.2 Å². The fourth-order valence-electron chi connectivity index (χ4n) is 5.21. The van der Waals surface area contributed by atoms with Crippen molar-refractivity contribution < 1.29 is 73.1 Å². The highest BCUT2D eigenvalue weighted by Crippen LogP contribution is 2.37. The zero-order chi connectivity index (χ0) is 31.9. The van der Waals surface area contributed by atoms with Gasteiger partial charge in [-0.2, -0.15) is 4.98 Å². The second kappa shape index (κ2) is 13.7. The zero-order valence-corrected chi connectivity index (χ0v) is 23.8. The van der Waals surface area contributed by atoms with Gasteiger partial charge in [0.1, 0.15) is 54.9 Å². The number of ether oxygens (including phenoxy) is 5. The van der Waals surface area contributed by atoms with Gasteiger partial charge in [-0.15, -0.1) is 4.33 Å². The monoisotopic (exact) mass is 655 g/mol. The van der Waals surface area contributed by atoms with E-state index >= 15 is 0 Å². The Morgan fingerprint density at radius 1 is 0.932 bits per heavy atom. The Labute approximate surface area is 251 Å². The van der Waals surface area contributed by atoms with Crippen molar-refractivity contribution >= 4 is 29.4 Å². The second-order valence-corrected chi connectivity index (χ2v) is 10.9. The maximum absolute atomic E-state index is 12.3. The number of fused-ring (bicyclic) bond motifs is 1. The van der Waals surface area contributed by atoms with E-state index in [-0.39, 0.29) is 36.0 Å². The van der Waals surface area contributed by atoms with Crippen LogP contribution in [0.5, 0.6) is 0 Å². The molecule has 5 rings (SSSR count). The highest BCUT2D eigenvalue weighted by atomic mass is 32.2. The van der Waals surface area contributed by atoms with Gasteiger partial charge in [-0.25, -0.2) is 10.2 Å². The summed E-state index contributed by atoms with van der Waals surface area (Å²) in [6, 6.07) is 0. The van der Waals surface area contributed by atoms with Gasteiger partial charge in [-0.05, 0) is 13.8 Å². The average molecular weight is 656 g/mol. The topological polar surface area (TPSA) is 305 Å². The van der Waals surface area contributed by atoms with Gasteiger partial charge in [0.2, 0.25) is 5.95 Å². The van der Waals surface area contributed by atoms with Crippen LogP contribution in [0.15, 0.2) is 11.1 Å². The molecule has 21 nitrogen and oxygen atoms in total. The van der Waals surface area contributed by atoms with Crippen LogP contribution in [-0.4, -0.2) is 142 Å². The summed E-state index contributed by atoms with van der Waals surface area (Å²) in [5.74, 6) is -0.220. The number of hydrogen-bond donors (Lipinski definition) is 9. The summed E-state index contributed by atoms with van der Waals surface area (Å²) >= 11 is 0.224. The lowest BCUT2D eigenvalue weighted by Crippen LogP contribution is -2.64. The lowest BCUT2D eigenvalue weighted by Gasteiger charge is -2.46. The second-order valence-electron chi connectivity index (χ2n) is 10.4. The van der Waals surface area contributed by atoms with Crippen LogP contribution in [0, 0.1) is 0 Å². The number of nitrogens with zero attached hydrogens (tertiary/aromatic N) is 3. The molecule has 0 amide bonds. The number of aromatic amines is 1. The van der Waals surface area contributed by atoms with E-state index in [1.807, 2.05) is 0 Å². The number of aromatic nitrogens is 4. The Morgan fingerprint density at radius 3 is 2.30 bits per heavy atom. The first kappa shape index (κ1) is 33.3. The molecule has 0 spiro atoms. The molecule has 0 aromatic carbocycles. The summed E-state index contributed by atoms with van der Waals surface area (Å²) in [4.78, 5) is 22.6. The summed E-state index contributed by atoms with van der Waals surface area (Å²) < 4.78 is 39.3. The minimum atomic E-state index is -1.77. The largest absolute Gasteiger partial charge is 0.388 e. The molecule has 5 unspecified atom stereocenters. The Hall–Kier alpha value is -2.10. The minimum Gasteiger partial charge on any atom is -0.388 e. The number of aliphatic hydroxyl groups is 6. The molecule has 44 heavy (non-hydrogen) atoms. The number of aliphatic hydroxyl groups excluding tert-OH is 6. The average Bonchev–Trinajstić information content (AvgIpc) is 3.54. The highest BCUT2D eigenvalue weighted by molar-refractivity contribution is 7.89. The maximum atomic E-state index is 12.3. The molecule has 3 saturated heterocycles. The Bertz CT molecular complexity index is 1320. The third-order valence-corrected chi connectivity index (χ3v) is 7.89. The van der Waals surface area contributed by atoms with Gasteiger partial charge >= 0.3 is 0 Å². The maximum Gasteiger partial charge on any atom is 0.280 e. The Morgan fingerprint density at radius 2 is 1.59 bits per heavy atom. The van der Waals surface area contributed by atoms with Gasteiger partial charge in [-0.1, -0.05) is 5.04 Å². The molecule has 2 aromatic rings. The van der Waals surface area contributed by atoms with Crippen molar-refractivity contribution in [3.63, 3.8) is 0 Å². The van der Waals surface area contributed by atoms with Crippen LogP contribution in [0.25, 0.3) is 11.2 Å². The summed E-state index contributed by atoms with van der Waals surface area (Å²) in [5.41, 5.74) is 4.93. The van der Waals surface area contributed by atoms with Crippen molar-refractivity contribution in [2.45, 2.75) is 99.8 Å². The molecular formula is C22H33N5O16S. The van der Waals surface area contributed by atoms with Gasteiger partial charge in [0.05, 0.1) is 25.1 Å². The molecule has 22 heteroatoms. The number of anilines is 1. The van der Waals surface area contributed by atoms with Crippen LogP contribution >= 0.6 is 12.3 Å². The molecule has 3 fully saturated rings. The molecule has 5 heterocycles. The van der Waals surface area contributed by atoms with Crippen molar-refractivity contribution in [3.05, 3.63) is 16.7 Å². The lowest BCUT2D eigenvalue weighted by molar-refractivity contribution is -0.434. The lowest BCUT2D eigenvalue weighted by atomic mass is 9.97. The Kier molecular flexibility index (Phi) is 10.4. The van der Waals surface area contributed by atoms with E-state index in [0.29, 0.717) is 0 Å². The van der Waals surface area contributed by atoms with E-state index in [0.717, 1.165) is 0 Å². The van der Waals surface area contributed by atoms with Crippen molar-refractivity contribution in [2.24, 2.45) is 0 Å². The number of imidazole rings is 1. The van der Waals surface area contributed by atoms with Crippen LogP contribution in [0.2, 0.25) is 0 Å². The molecule has 10 N–H and O–H groups in total. The van der Waals surface area contributed by atoms with Crippen molar-refractivity contribution in [3.8, 4) is 0 Å². The molecule has 0 saturated carbocycles. The van der Waals surface area contributed by atoms with E-state index in [1.54, 1.807) is 0 Å². The first-order valence-electron chi connectivity index (χ1n) is 13.3. The van der Waals surface area contributed by atoms with Gasteiger partial charge in [0.25, 0.3) is 5.56 Å². The van der Waals surface area contributed by atoms with Gasteiger partial charge in [0.15, 0.2) is 42.3 Å². The molecule has 3 aliphatic rings. The molecule has 0 radical (unpaired) electrons. The molecule has 0 bridgehead atoms. The van der Waals surface area contributed by atoms with E-state index in [2.05, 4.69) is 24.3 Å². The minimum absolute atomic E-state index is 0.0197. The molecule has 14 atom stereocenters. The number of nitrogens with two attached hydrogens (primary N) is 1. The van der Waals surface area contributed by atoms with E-state index in [4.69, 9.17) is 38.9 Å². The molecule has 248 valence electrons. The number of H-pyrrole nitrogens is 1. The quantitative estimate of drug-likeness (QED) is 0.0510. The summed E-state index contributed by atoms with van der Waals surface area (Å²) in [7, 11) is 0. The predicted octanol–water partition coefficient (Wildman–Crippen LogP) is -3.97.